The van der Waals surface area contributed by atoms with Crippen LogP contribution >= 0.6 is 0 Å². The van der Waals surface area contributed by atoms with Gasteiger partial charge in [-0.25, -0.2) is 4.39 Å². The topological polar surface area (TPSA) is 82.0 Å². The summed E-state index contributed by atoms with van der Waals surface area (Å²) in [4.78, 5) is 4.27. The summed E-state index contributed by atoms with van der Waals surface area (Å²) in [7, 11) is 0. The fourth-order valence-electron chi connectivity index (χ4n) is 3.22. The third kappa shape index (κ3) is 2.73. The molecule has 1 atom stereocenters. The predicted molar refractivity (Wildman–Crippen MR) is 105 cm³/mol. The first-order valence-electron chi connectivity index (χ1n) is 8.76. The number of aromatic nitrogens is 5. The van der Waals surface area contributed by atoms with E-state index in [4.69, 9.17) is 5.73 Å². The van der Waals surface area contributed by atoms with Crippen molar-refractivity contribution in [2.45, 2.75) is 6.17 Å². The van der Waals surface area contributed by atoms with E-state index in [9.17, 15) is 0 Å². The molecular formula is C21H15FN6. The molecule has 0 spiro atoms. The van der Waals surface area contributed by atoms with Crippen molar-refractivity contribution in [1.82, 2.24) is 24.8 Å². The highest BCUT2D eigenvalue weighted by Gasteiger charge is 2.21. The van der Waals surface area contributed by atoms with E-state index in [2.05, 4.69) is 20.3 Å². The van der Waals surface area contributed by atoms with Gasteiger partial charge in [0, 0.05) is 22.8 Å². The Morgan fingerprint density at radius 3 is 2.75 bits per heavy atom. The Balaban J connectivity index is 1.60. The molecule has 5 aromatic rings. The number of anilines is 1. The standard InChI is InChI=1S/C21H15FN6/c22-20(15-6-7-17-13(11-15)4-2-10-24-17)21-26-25-19-9-8-18(27-28(19)21)14-3-1-5-16(23)12-14/h1-12,20H,23H2. The molecule has 28 heavy (non-hydrogen) atoms. The average molecular weight is 370 g/mol. The fraction of sp³-hybridized carbons (Fsp3) is 0.0476. The second-order valence-corrected chi connectivity index (χ2v) is 6.49. The monoisotopic (exact) mass is 370 g/mol. The maximum Gasteiger partial charge on any atom is 0.193 e. The molecule has 1 unspecified atom stereocenters. The molecule has 0 fully saturated rings. The zero-order chi connectivity index (χ0) is 19.1. The van der Waals surface area contributed by atoms with E-state index in [1.165, 1.54) is 4.52 Å². The molecule has 0 aliphatic carbocycles. The molecule has 3 heterocycles. The van der Waals surface area contributed by atoms with Crippen LogP contribution < -0.4 is 5.73 Å². The second-order valence-electron chi connectivity index (χ2n) is 6.49. The number of hydrogen-bond donors (Lipinski definition) is 1. The molecule has 6 nitrogen and oxygen atoms in total. The third-order valence-corrected chi connectivity index (χ3v) is 4.62. The zero-order valence-corrected chi connectivity index (χ0v) is 14.7. The van der Waals surface area contributed by atoms with Crippen molar-refractivity contribution in [2.75, 3.05) is 5.73 Å². The van der Waals surface area contributed by atoms with Crippen LogP contribution in [-0.4, -0.2) is 24.8 Å². The van der Waals surface area contributed by atoms with Crippen LogP contribution in [0.15, 0.2) is 72.9 Å². The lowest BCUT2D eigenvalue weighted by molar-refractivity contribution is 0.377. The van der Waals surface area contributed by atoms with Crippen molar-refractivity contribution in [3.63, 3.8) is 0 Å². The first-order chi connectivity index (χ1) is 13.7. The Bertz CT molecular complexity index is 1310. The summed E-state index contributed by atoms with van der Waals surface area (Å²) < 4.78 is 16.8. The summed E-state index contributed by atoms with van der Waals surface area (Å²) >= 11 is 0. The van der Waals surface area contributed by atoms with Crippen molar-refractivity contribution < 1.29 is 4.39 Å². The van der Waals surface area contributed by atoms with Gasteiger partial charge in [0.15, 0.2) is 17.6 Å². The van der Waals surface area contributed by atoms with Crippen LogP contribution in [0.1, 0.15) is 17.6 Å². The first kappa shape index (κ1) is 16.3. The van der Waals surface area contributed by atoms with Crippen molar-refractivity contribution in [3.8, 4) is 11.3 Å². The summed E-state index contributed by atoms with van der Waals surface area (Å²) in [6.45, 7) is 0. The van der Waals surface area contributed by atoms with Gasteiger partial charge in [-0.2, -0.15) is 9.61 Å². The predicted octanol–water partition coefficient (Wildman–Crippen LogP) is 3.98. The fourth-order valence-corrected chi connectivity index (χ4v) is 3.22. The van der Waals surface area contributed by atoms with Gasteiger partial charge in [0.1, 0.15) is 0 Å². The number of halogens is 1. The molecule has 136 valence electrons. The SMILES string of the molecule is Nc1cccc(-c2ccc3nnc(C(F)c4ccc5ncccc5c4)n3n2)c1. The van der Waals surface area contributed by atoms with Crippen molar-refractivity contribution >= 4 is 22.2 Å². The number of fused-ring (bicyclic) bond motifs is 2. The maximum absolute atomic E-state index is 15.4. The Hall–Kier alpha value is -3.87. The highest BCUT2D eigenvalue weighted by Crippen LogP contribution is 2.28. The highest BCUT2D eigenvalue weighted by atomic mass is 19.1. The van der Waals surface area contributed by atoms with Gasteiger partial charge in [-0.1, -0.05) is 24.3 Å². The minimum absolute atomic E-state index is 0.129. The summed E-state index contributed by atoms with van der Waals surface area (Å²) in [6, 6.07) is 20.0. The Kier molecular flexibility index (Phi) is 3.72. The number of pyridine rings is 1. The van der Waals surface area contributed by atoms with Gasteiger partial charge in [0.2, 0.25) is 0 Å². The number of nitrogen functional groups attached to an aromatic ring is 1. The molecule has 0 amide bonds. The normalized spacial score (nSPS) is 12.5. The second kappa shape index (κ2) is 6.38. The van der Waals surface area contributed by atoms with Crippen molar-refractivity contribution in [1.29, 1.82) is 0 Å². The quantitative estimate of drug-likeness (QED) is 0.486. The number of benzene rings is 2. The van der Waals surface area contributed by atoms with Crippen LogP contribution in [-0.2, 0) is 0 Å². The molecule has 0 bridgehead atoms. The molecule has 2 N–H and O–H groups in total. The summed E-state index contributed by atoms with van der Waals surface area (Å²) in [5, 5.41) is 13.5. The van der Waals surface area contributed by atoms with Gasteiger partial charge in [0.25, 0.3) is 0 Å². The van der Waals surface area contributed by atoms with Crippen LogP contribution in [0.2, 0.25) is 0 Å². The van der Waals surface area contributed by atoms with Gasteiger partial charge >= 0.3 is 0 Å². The summed E-state index contributed by atoms with van der Waals surface area (Å²) in [5.74, 6) is 0.129. The lowest BCUT2D eigenvalue weighted by Crippen LogP contribution is -2.05. The number of rotatable bonds is 3. The lowest BCUT2D eigenvalue weighted by atomic mass is 10.1. The van der Waals surface area contributed by atoms with Gasteiger partial charge in [-0.05, 0) is 48.0 Å². The van der Waals surface area contributed by atoms with Gasteiger partial charge in [-0.15, -0.1) is 10.2 Å². The van der Waals surface area contributed by atoms with Crippen molar-refractivity contribution in [3.05, 3.63) is 84.3 Å². The molecule has 3 aromatic heterocycles. The number of nitrogens with zero attached hydrogens (tertiary/aromatic N) is 5. The Labute approximate surface area is 159 Å². The molecule has 0 aliphatic rings. The van der Waals surface area contributed by atoms with Crippen LogP contribution in [0.3, 0.4) is 0 Å². The minimum Gasteiger partial charge on any atom is -0.399 e. The Morgan fingerprint density at radius 2 is 1.86 bits per heavy atom. The largest absolute Gasteiger partial charge is 0.399 e. The van der Waals surface area contributed by atoms with Gasteiger partial charge in [-0.3, -0.25) is 4.98 Å². The molecule has 0 saturated carbocycles. The lowest BCUT2D eigenvalue weighted by Gasteiger charge is -2.09. The van der Waals surface area contributed by atoms with E-state index < -0.39 is 6.17 Å². The first-order valence-corrected chi connectivity index (χ1v) is 8.76. The molecule has 0 radical (unpaired) electrons. The highest BCUT2D eigenvalue weighted by molar-refractivity contribution is 5.79. The maximum atomic E-state index is 15.4. The molecule has 0 saturated heterocycles. The number of alkyl halides is 1. The summed E-state index contributed by atoms with van der Waals surface area (Å²) in [6.07, 6.45) is 0.242. The Morgan fingerprint density at radius 1 is 0.929 bits per heavy atom. The average Bonchev–Trinajstić information content (AvgIpc) is 3.16. The molecule has 0 aliphatic heterocycles. The van der Waals surface area contributed by atoms with Crippen LogP contribution in [0.5, 0.6) is 0 Å². The van der Waals surface area contributed by atoms with E-state index in [-0.39, 0.29) is 5.82 Å². The zero-order valence-electron chi connectivity index (χ0n) is 14.7. The smallest absolute Gasteiger partial charge is 0.193 e. The van der Waals surface area contributed by atoms with E-state index >= 15 is 4.39 Å². The van der Waals surface area contributed by atoms with E-state index in [0.29, 0.717) is 22.6 Å². The number of hydrogen-bond acceptors (Lipinski definition) is 5. The van der Waals surface area contributed by atoms with E-state index in [1.54, 1.807) is 36.5 Å². The minimum atomic E-state index is -1.47. The molecule has 7 heteroatoms. The van der Waals surface area contributed by atoms with Gasteiger partial charge in [0.05, 0.1) is 11.2 Å². The van der Waals surface area contributed by atoms with Crippen LogP contribution in [0.4, 0.5) is 10.1 Å². The van der Waals surface area contributed by atoms with E-state index in [0.717, 1.165) is 16.5 Å². The molecule has 5 rings (SSSR count). The van der Waals surface area contributed by atoms with Crippen LogP contribution in [0, 0.1) is 0 Å². The van der Waals surface area contributed by atoms with E-state index in [1.807, 2.05) is 36.4 Å². The molecule has 2 aromatic carbocycles. The van der Waals surface area contributed by atoms with Crippen LogP contribution in [0.25, 0.3) is 27.8 Å². The summed E-state index contributed by atoms with van der Waals surface area (Å²) in [5.41, 5.74) is 9.77. The third-order valence-electron chi connectivity index (χ3n) is 4.62. The van der Waals surface area contributed by atoms with Crippen molar-refractivity contribution in [2.24, 2.45) is 0 Å². The number of nitrogens with two attached hydrogens (primary N) is 1. The van der Waals surface area contributed by atoms with Gasteiger partial charge < -0.3 is 5.73 Å². The molecular weight excluding hydrogens is 355 g/mol.